The van der Waals surface area contributed by atoms with E-state index in [9.17, 15) is 4.79 Å². The van der Waals surface area contributed by atoms with E-state index in [1.165, 1.54) is 38.5 Å². The fourth-order valence-corrected chi connectivity index (χ4v) is 4.35. The minimum Gasteiger partial charge on any atom is -0.378 e. The van der Waals surface area contributed by atoms with E-state index in [0.29, 0.717) is 31.1 Å². The van der Waals surface area contributed by atoms with Gasteiger partial charge in [0.05, 0.1) is 19.1 Å². The van der Waals surface area contributed by atoms with Crippen LogP contribution in [-0.4, -0.2) is 49.2 Å². The number of hydrogen-bond donors (Lipinski definition) is 1. The van der Waals surface area contributed by atoms with Crippen LogP contribution in [0.4, 0.5) is 0 Å². The van der Waals surface area contributed by atoms with Crippen molar-refractivity contribution in [3.8, 4) is 0 Å². The van der Waals surface area contributed by atoms with Crippen LogP contribution in [0.15, 0.2) is 0 Å². The number of fused-ring (bicyclic) bond motifs is 1. The van der Waals surface area contributed by atoms with Crippen molar-refractivity contribution in [2.24, 2.45) is 5.92 Å². The number of piperidine rings is 2. The summed E-state index contributed by atoms with van der Waals surface area (Å²) >= 11 is 0. The highest BCUT2D eigenvalue weighted by molar-refractivity contribution is 5.76. The predicted molar refractivity (Wildman–Crippen MR) is 83.2 cm³/mol. The molecule has 1 saturated carbocycles. The Morgan fingerprint density at radius 1 is 1.05 bits per heavy atom. The molecule has 2 heterocycles. The lowest BCUT2D eigenvalue weighted by atomic mass is 9.78. The molecule has 0 aromatic heterocycles. The zero-order valence-corrected chi connectivity index (χ0v) is 13.2. The Labute approximate surface area is 128 Å². The molecule has 0 radical (unpaired) electrons. The molecular formula is C17H30N2O2. The van der Waals surface area contributed by atoms with Gasteiger partial charge in [-0.2, -0.15) is 0 Å². The lowest BCUT2D eigenvalue weighted by Gasteiger charge is -2.44. The first kappa shape index (κ1) is 15.3. The van der Waals surface area contributed by atoms with E-state index in [-0.39, 0.29) is 0 Å². The van der Waals surface area contributed by atoms with E-state index in [2.05, 4.69) is 10.2 Å². The van der Waals surface area contributed by atoms with Crippen molar-refractivity contribution in [3.05, 3.63) is 0 Å². The van der Waals surface area contributed by atoms with E-state index in [1.54, 1.807) is 0 Å². The Kier molecular flexibility index (Phi) is 5.53. The molecule has 0 spiro atoms. The largest absolute Gasteiger partial charge is 0.378 e. The zero-order chi connectivity index (χ0) is 14.5. The summed E-state index contributed by atoms with van der Waals surface area (Å²) in [6.45, 7) is 3.69. The van der Waals surface area contributed by atoms with Crippen molar-refractivity contribution < 1.29 is 9.53 Å². The van der Waals surface area contributed by atoms with Gasteiger partial charge < -0.3 is 15.0 Å². The highest BCUT2D eigenvalue weighted by atomic mass is 16.5. The minimum absolute atomic E-state index is 0.334. The summed E-state index contributed by atoms with van der Waals surface area (Å²) < 4.78 is 5.89. The maximum atomic E-state index is 12.5. The van der Waals surface area contributed by atoms with Crippen molar-refractivity contribution in [1.29, 1.82) is 0 Å². The number of likely N-dealkylation sites (tertiary alicyclic amines) is 1. The van der Waals surface area contributed by atoms with Gasteiger partial charge in [-0.15, -0.1) is 0 Å². The standard InChI is InChI=1S/C17H30N2O2/c20-17(9-13-21-15-7-10-18-11-8-15)19-12-3-5-14-4-1-2-6-16(14)19/h14-16,18H,1-13H2. The highest BCUT2D eigenvalue weighted by Crippen LogP contribution is 2.35. The van der Waals surface area contributed by atoms with Crippen LogP contribution in [0.25, 0.3) is 0 Å². The van der Waals surface area contributed by atoms with Gasteiger partial charge in [-0.25, -0.2) is 0 Å². The van der Waals surface area contributed by atoms with Crippen LogP contribution < -0.4 is 5.32 Å². The number of carbonyl (C=O) groups is 1. The third-order valence-electron chi connectivity index (χ3n) is 5.52. The lowest BCUT2D eigenvalue weighted by Crippen LogP contribution is -2.49. The molecule has 0 aromatic carbocycles. The van der Waals surface area contributed by atoms with Gasteiger partial charge >= 0.3 is 0 Å². The first-order chi connectivity index (χ1) is 10.3. The van der Waals surface area contributed by atoms with Crippen LogP contribution in [0.3, 0.4) is 0 Å². The summed E-state index contributed by atoms with van der Waals surface area (Å²) in [5.74, 6) is 1.11. The molecule has 3 fully saturated rings. The zero-order valence-electron chi connectivity index (χ0n) is 13.2. The van der Waals surface area contributed by atoms with Gasteiger partial charge in [-0.3, -0.25) is 4.79 Å². The third kappa shape index (κ3) is 3.98. The number of rotatable bonds is 4. The minimum atomic E-state index is 0.334. The van der Waals surface area contributed by atoms with E-state index >= 15 is 0 Å². The molecule has 4 nitrogen and oxygen atoms in total. The van der Waals surface area contributed by atoms with Crippen molar-refractivity contribution in [3.63, 3.8) is 0 Å². The molecule has 2 aliphatic heterocycles. The van der Waals surface area contributed by atoms with Crippen molar-refractivity contribution in [1.82, 2.24) is 10.2 Å². The second-order valence-electron chi connectivity index (χ2n) is 6.91. The first-order valence-electron chi connectivity index (χ1n) is 8.96. The summed E-state index contributed by atoms with van der Waals surface area (Å²) in [4.78, 5) is 14.7. The summed E-state index contributed by atoms with van der Waals surface area (Å²) in [7, 11) is 0. The average molecular weight is 294 g/mol. The van der Waals surface area contributed by atoms with Gasteiger partial charge in [0, 0.05) is 12.6 Å². The van der Waals surface area contributed by atoms with Crippen LogP contribution in [0.5, 0.6) is 0 Å². The quantitative estimate of drug-likeness (QED) is 0.865. The maximum absolute atomic E-state index is 12.5. The molecule has 3 aliphatic rings. The molecular weight excluding hydrogens is 264 g/mol. The Morgan fingerprint density at radius 3 is 2.67 bits per heavy atom. The monoisotopic (exact) mass is 294 g/mol. The molecule has 120 valence electrons. The van der Waals surface area contributed by atoms with Crippen molar-refractivity contribution in [2.75, 3.05) is 26.2 Å². The van der Waals surface area contributed by atoms with Gasteiger partial charge in [0.25, 0.3) is 0 Å². The van der Waals surface area contributed by atoms with Gasteiger partial charge in [0.1, 0.15) is 0 Å². The topological polar surface area (TPSA) is 41.6 Å². The van der Waals surface area contributed by atoms with Gasteiger partial charge in [0.2, 0.25) is 5.91 Å². The molecule has 3 rings (SSSR count). The van der Waals surface area contributed by atoms with Crippen molar-refractivity contribution in [2.45, 2.75) is 69.9 Å². The molecule has 21 heavy (non-hydrogen) atoms. The van der Waals surface area contributed by atoms with Gasteiger partial charge in [-0.05, 0) is 57.5 Å². The molecule has 4 heteroatoms. The number of hydrogen-bond acceptors (Lipinski definition) is 3. The normalized spacial score (nSPS) is 31.0. The molecule has 1 amide bonds. The number of nitrogens with one attached hydrogen (secondary N) is 1. The third-order valence-corrected chi connectivity index (χ3v) is 5.52. The van der Waals surface area contributed by atoms with E-state index in [1.807, 2.05) is 0 Å². The Hall–Kier alpha value is -0.610. The molecule has 1 N–H and O–H groups in total. The molecule has 1 aliphatic carbocycles. The molecule has 2 saturated heterocycles. The second-order valence-corrected chi connectivity index (χ2v) is 6.91. The number of ether oxygens (including phenoxy) is 1. The number of carbonyl (C=O) groups excluding carboxylic acids is 1. The summed E-state index contributed by atoms with van der Waals surface area (Å²) in [6, 6.07) is 0.541. The van der Waals surface area contributed by atoms with Gasteiger partial charge in [-0.1, -0.05) is 12.8 Å². The van der Waals surface area contributed by atoms with E-state index in [0.717, 1.165) is 38.4 Å². The smallest absolute Gasteiger partial charge is 0.225 e. The number of nitrogens with zero attached hydrogens (tertiary/aromatic N) is 1. The van der Waals surface area contributed by atoms with Crippen LogP contribution in [-0.2, 0) is 9.53 Å². The molecule has 2 unspecified atom stereocenters. The first-order valence-corrected chi connectivity index (χ1v) is 8.96. The predicted octanol–water partition coefficient (Wildman–Crippen LogP) is 2.33. The summed E-state index contributed by atoms with van der Waals surface area (Å²) in [6.07, 6.45) is 10.9. The maximum Gasteiger partial charge on any atom is 0.225 e. The summed E-state index contributed by atoms with van der Waals surface area (Å²) in [5, 5.41) is 3.34. The average Bonchev–Trinajstić information content (AvgIpc) is 2.55. The Morgan fingerprint density at radius 2 is 1.81 bits per heavy atom. The fourth-order valence-electron chi connectivity index (χ4n) is 4.35. The molecule has 0 aromatic rings. The summed E-state index contributed by atoms with van der Waals surface area (Å²) in [5.41, 5.74) is 0. The molecule has 0 bridgehead atoms. The fraction of sp³-hybridized carbons (Fsp3) is 0.941. The van der Waals surface area contributed by atoms with Gasteiger partial charge in [0.15, 0.2) is 0 Å². The SMILES string of the molecule is O=C(CCOC1CCNCC1)N1CCCC2CCCCC21. The second kappa shape index (κ2) is 7.59. The van der Waals surface area contributed by atoms with Crippen LogP contribution in [0.1, 0.15) is 57.8 Å². The van der Waals surface area contributed by atoms with Crippen molar-refractivity contribution >= 4 is 5.91 Å². The number of amides is 1. The van der Waals surface area contributed by atoms with Crippen LogP contribution in [0, 0.1) is 5.92 Å². The highest BCUT2D eigenvalue weighted by Gasteiger charge is 2.35. The van der Waals surface area contributed by atoms with E-state index in [4.69, 9.17) is 4.74 Å². The molecule has 2 atom stereocenters. The van der Waals surface area contributed by atoms with Crippen LogP contribution >= 0.6 is 0 Å². The van der Waals surface area contributed by atoms with Crippen LogP contribution in [0.2, 0.25) is 0 Å². The lowest BCUT2D eigenvalue weighted by molar-refractivity contribution is -0.139. The Bertz CT molecular complexity index is 340. The van der Waals surface area contributed by atoms with E-state index < -0.39 is 0 Å². The Balaban J connectivity index is 1.43.